The van der Waals surface area contributed by atoms with Gasteiger partial charge in [0.1, 0.15) is 9.20 Å². The van der Waals surface area contributed by atoms with Crippen molar-refractivity contribution < 1.29 is 19.1 Å². The molecule has 1 heterocycles. The van der Waals surface area contributed by atoms with Crippen molar-refractivity contribution in [1.29, 1.82) is 0 Å². The van der Waals surface area contributed by atoms with Gasteiger partial charge in [-0.05, 0) is 13.8 Å². The second kappa shape index (κ2) is 6.75. The summed E-state index contributed by atoms with van der Waals surface area (Å²) in [5.41, 5.74) is -0.441. The molecule has 1 N–H and O–H groups in total. The molecule has 18 heavy (non-hydrogen) atoms. The van der Waals surface area contributed by atoms with E-state index >= 15 is 0 Å². The molecule has 0 aliphatic rings. The molecule has 0 bridgehead atoms. The van der Waals surface area contributed by atoms with E-state index in [1.165, 1.54) is 0 Å². The second-order valence-corrected chi connectivity index (χ2v) is 4.16. The van der Waals surface area contributed by atoms with Crippen LogP contribution < -0.4 is 14.8 Å². The molecule has 1 rings (SSSR count). The molecule has 0 aromatic carbocycles. The molecule has 1 aromatic rings. The van der Waals surface area contributed by atoms with Gasteiger partial charge >= 0.3 is 11.9 Å². The van der Waals surface area contributed by atoms with Gasteiger partial charge in [0.15, 0.2) is 0 Å². The summed E-state index contributed by atoms with van der Waals surface area (Å²) in [4.78, 5) is 36.2. The first kappa shape index (κ1) is 14.2. The van der Waals surface area contributed by atoms with Crippen LogP contribution in [0.15, 0.2) is 4.79 Å². The van der Waals surface area contributed by atoms with Crippen LogP contribution in [0.1, 0.15) is 13.8 Å². The fraction of sp³-hybridized carbons (Fsp3) is 0.364. The number of aromatic nitrogens is 1. The highest BCUT2D eigenvalue weighted by Crippen LogP contribution is 1.81. The molecule has 0 spiro atoms. The third kappa shape index (κ3) is 4.17. The van der Waals surface area contributed by atoms with Gasteiger partial charge in [0.05, 0.1) is 19.3 Å². The Kier molecular flexibility index (Phi) is 5.31. The number of esters is 2. The summed E-state index contributed by atoms with van der Waals surface area (Å²) in [6.45, 7) is 3.85. The zero-order chi connectivity index (χ0) is 13.5. The van der Waals surface area contributed by atoms with E-state index < -0.39 is 17.5 Å². The third-order valence-electron chi connectivity index (χ3n) is 1.75. The predicted octanol–water partition coefficient (Wildman–Crippen LogP) is -0.876. The van der Waals surface area contributed by atoms with Gasteiger partial charge in [-0.25, -0.2) is 9.59 Å². The smallest absolute Gasteiger partial charge is 0.333 e. The minimum absolute atomic E-state index is 0.184. The molecule has 0 unspecified atom stereocenters. The van der Waals surface area contributed by atoms with Crippen LogP contribution in [0.4, 0.5) is 0 Å². The molecule has 0 amide bonds. The first-order chi connectivity index (χ1) is 8.56. The Morgan fingerprint density at radius 2 is 1.72 bits per heavy atom. The van der Waals surface area contributed by atoms with Crippen LogP contribution in [0.5, 0.6) is 0 Å². The summed E-state index contributed by atoms with van der Waals surface area (Å²) in [7, 11) is 0. The standard InChI is InChI=1S/C11H13NO5S/c1-3-16-9(13)5-7-11(15)12-8(18-7)6-10(14)17-4-2/h5-6H,3-4H2,1-2H3,(H,12,15)/b7-5+,8-6-. The van der Waals surface area contributed by atoms with Crippen molar-refractivity contribution in [2.75, 3.05) is 13.2 Å². The number of ether oxygens (including phenoxy) is 2. The predicted molar refractivity (Wildman–Crippen MR) is 66.4 cm³/mol. The van der Waals surface area contributed by atoms with Crippen LogP contribution in [0, 0.1) is 0 Å². The van der Waals surface area contributed by atoms with Crippen LogP contribution in [0.2, 0.25) is 0 Å². The number of thiazole rings is 1. The first-order valence-corrected chi connectivity index (χ1v) is 6.14. The molecular formula is C11H13NO5S. The summed E-state index contributed by atoms with van der Waals surface area (Å²) in [5, 5.41) is 0. The highest BCUT2D eigenvalue weighted by atomic mass is 32.1. The third-order valence-corrected chi connectivity index (χ3v) is 2.71. The van der Waals surface area contributed by atoms with Crippen molar-refractivity contribution in [2.24, 2.45) is 0 Å². The summed E-state index contributed by atoms with van der Waals surface area (Å²) in [6.07, 6.45) is 2.26. The molecule has 0 fully saturated rings. The van der Waals surface area contributed by atoms with Gasteiger partial charge in [0.2, 0.25) is 0 Å². The van der Waals surface area contributed by atoms with Gasteiger partial charge in [-0.2, -0.15) is 0 Å². The number of carbonyl (C=O) groups is 2. The van der Waals surface area contributed by atoms with Gasteiger partial charge in [0, 0.05) is 6.08 Å². The molecular weight excluding hydrogens is 258 g/mol. The molecule has 0 saturated carbocycles. The largest absolute Gasteiger partial charge is 0.463 e. The minimum Gasteiger partial charge on any atom is -0.463 e. The lowest BCUT2D eigenvalue weighted by atomic mass is 10.5. The fourth-order valence-electron chi connectivity index (χ4n) is 1.11. The zero-order valence-electron chi connectivity index (χ0n) is 10.0. The number of nitrogens with one attached hydrogen (secondary N) is 1. The highest BCUT2D eigenvalue weighted by molar-refractivity contribution is 7.07. The molecule has 0 radical (unpaired) electrons. The van der Waals surface area contributed by atoms with Crippen LogP contribution in [0.3, 0.4) is 0 Å². The van der Waals surface area contributed by atoms with Crippen LogP contribution in [-0.4, -0.2) is 30.1 Å². The van der Waals surface area contributed by atoms with Gasteiger partial charge in [0.25, 0.3) is 5.56 Å². The molecule has 1 aromatic heterocycles. The molecule has 0 aliphatic carbocycles. The van der Waals surface area contributed by atoms with Gasteiger partial charge < -0.3 is 14.5 Å². The monoisotopic (exact) mass is 271 g/mol. The molecule has 0 saturated heterocycles. The summed E-state index contributed by atoms with van der Waals surface area (Å²) < 4.78 is 9.90. The van der Waals surface area contributed by atoms with Crippen molar-refractivity contribution in [2.45, 2.75) is 13.8 Å². The number of hydrogen-bond donors (Lipinski definition) is 1. The van der Waals surface area contributed by atoms with E-state index in [4.69, 9.17) is 4.74 Å². The van der Waals surface area contributed by atoms with E-state index in [1.807, 2.05) is 0 Å². The lowest BCUT2D eigenvalue weighted by molar-refractivity contribution is -0.136. The molecule has 7 heteroatoms. The van der Waals surface area contributed by atoms with E-state index in [9.17, 15) is 14.4 Å². The van der Waals surface area contributed by atoms with Gasteiger partial charge in [-0.15, -0.1) is 11.3 Å². The minimum atomic E-state index is -0.590. The number of rotatable bonds is 4. The Morgan fingerprint density at radius 1 is 1.17 bits per heavy atom. The van der Waals surface area contributed by atoms with Crippen molar-refractivity contribution >= 4 is 35.4 Å². The van der Waals surface area contributed by atoms with E-state index in [1.54, 1.807) is 13.8 Å². The first-order valence-electron chi connectivity index (χ1n) is 5.33. The molecule has 0 atom stereocenters. The Morgan fingerprint density at radius 3 is 2.28 bits per heavy atom. The van der Waals surface area contributed by atoms with Gasteiger partial charge in [-0.1, -0.05) is 0 Å². The molecule has 98 valence electrons. The lowest BCUT2D eigenvalue weighted by Gasteiger charge is -1.92. The van der Waals surface area contributed by atoms with Crippen molar-refractivity contribution in [3.8, 4) is 0 Å². The summed E-state index contributed by atoms with van der Waals surface area (Å²) in [5.74, 6) is -1.13. The molecule has 0 aliphatic heterocycles. The van der Waals surface area contributed by atoms with Crippen molar-refractivity contribution in [3.63, 3.8) is 0 Å². The van der Waals surface area contributed by atoms with Crippen molar-refractivity contribution in [3.05, 3.63) is 19.5 Å². The Balaban J connectivity index is 3.06. The van der Waals surface area contributed by atoms with E-state index in [0.29, 0.717) is 4.66 Å². The van der Waals surface area contributed by atoms with Crippen LogP contribution >= 0.6 is 11.3 Å². The second-order valence-electron chi connectivity index (χ2n) is 3.08. The Labute approximate surface area is 107 Å². The number of hydrogen-bond acceptors (Lipinski definition) is 6. The maximum absolute atomic E-state index is 11.5. The lowest BCUT2D eigenvalue weighted by Crippen LogP contribution is -2.22. The average molecular weight is 271 g/mol. The Hall–Kier alpha value is -1.89. The van der Waals surface area contributed by atoms with Crippen molar-refractivity contribution in [1.82, 2.24) is 4.98 Å². The van der Waals surface area contributed by atoms with Crippen LogP contribution in [0.25, 0.3) is 12.2 Å². The van der Waals surface area contributed by atoms with E-state index in [-0.39, 0.29) is 17.7 Å². The number of carbonyl (C=O) groups excluding carboxylic acids is 2. The Bertz CT molecular complexity index is 598. The highest BCUT2D eigenvalue weighted by Gasteiger charge is 2.01. The van der Waals surface area contributed by atoms with Gasteiger partial charge in [-0.3, -0.25) is 4.79 Å². The topological polar surface area (TPSA) is 85.5 Å². The molecule has 6 nitrogen and oxygen atoms in total. The van der Waals surface area contributed by atoms with Crippen LogP contribution in [-0.2, 0) is 19.1 Å². The summed E-state index contributed by atoms with van der Waals surface area (Å²) in [6, 6.07) is 0. The van der Waals surface area contributed by atoms with E-state index in [0.717, 1.165) is 23.5 Å². The number of H-pyrrole nitrogens is 1. The fourth-order valence-corrected chi connectivity index (χ4v) is 1.94. The number of aromatic amines is 1. The normalized spacial score (nSPS) is 12.6. The average Bonchev–Trinajstić information content (AvgIpc) is 2.59. The summed E-state index contributed by atoms with van der Waals surface area (Å²) >= 11 is 0.987. The van der Waals surface area contributed by atoms with E-state index in [2.05, 4.69) is 9.72 Å². The quantitative estimate of drug-likeness (QED) is 0.719. The zero-order valence-corrected chi connectivity index (χ0v) is 10.8. The maximum atomic E-state index is 11.5. The SMILES string of the molecule is CCOC(=O)/C=c1/[nH]c(=O)/c(=C\C(=O)OCC)s1. The maximum Gasteiger partial charge on any atom is 0.333 e.